The van der Waals surface area contributed by atoms with Crippen molar-refractivity contribution in [2.75, 3.05) is 13.1 Å². The Balaban J connectivity index is 1.63. The molecule has 5 nitrogen and oxygen atoms in total. The van der Waals surface area contributed by atoms with Gasteiger partial charge < -0.3 is 15.7 Å². The van der Waals surface area contributed by atoms with E-state index in [9.17, 15) is 14.7 Å². The van der Waals surface area contributed by atoms with Crippen LogP contribution in [0.15, 0.2) is 30.3 Å². The second kappa shape index (κ2) is 7.40. The van der Waals surface area contributed by atoms with Gasteiger partial charge in [-0.2, -0.15) is 0 Å². The van der Waals surface area contributed by atoms with E-state index < -0.39 is 5.60 Å². The Hall–Kier alpha value is -1.88. The smallest absolute Gasteiger partial charge is 0.223 e. The van der Waals surface area contributed by atoms with E-state index in [1.807, 2.05) is 30.3 Å². The van der Waals surface area contributed by atoms with Crippen LogP contribution in [-0.4, -0.2) is 30.0 Å². The molecule has 22 heavy (non-hydrogen) atoms. The molecule has 0 aliphatic heterocycles. The maximum atomic E-state index is 11.8. The summed E-state index contributed by atoms with van der Waals surface area (Å²) in [5, 5.41) is 15.9. The lowest BCUT2D eigenvalue weighted by molar-refractivity contribution is -0.124. The van der Waals surface area contributed by atoms with Gasteiger partial charge in [-0.3, -0.25) is 9.59 Å². The maximum Gasteiger partial charge on any atom is 0.223 e. The van der Waals surface area contributed by atoms with E-state index in [4.69, 9.17) is 0 Å². The lowest BCUT2D eigenvalue weighted by Gasteiger charge is -2.24. The number of benzene rings is 1. The summed E-state index contributed by atoms with van der Waals surface area (Å²) in [4.78, 5) is 23.2. The average molecular weight is 304 g/mol. The van der Waals surface area contributed by atoms with Crippen molar-refractivity contribution in [2.45, 2.75) is 38.2 Å². The SMILES string of the molecule is CC(O)(CNC(=O)CCCNC(=O)C1CC1)c1ccccc1. The number of amides is 2. The minimum Gasteiger partial charge on any atom is -0.384 e. The Morgan fingerprint density at radius 2 is 1.91 bits per heavy atom. The third-order valence-corrected chi connectivity index (χ3v) is 3.85. The van der Waals surface area contributed by atoms with Crippen molar-refractivity contribution in [1.29, 1.82) is 0 Å². The molecule has 1 aromatic rings. The molecule has 0 spiro atoms. The summed E-state index contributed by atoms with van der Waals surface area (Å²) >= 11 is 0. The van der Waals surface area contributed by atoms with Gasteiger partial charge in [0.25, 0.3) is 0 Å². The van der Waals surface area contributed by atoms with Gasteiger partial charge in [-0.05, 0) is 31.7 Å². The van der Waals surface area contributed by atoms with E-state index >= 15 is 0 Å². The Labute approximate surface area is 131 Å². The van der Waals surface area contributed by atoms with Crippen molar-refractivity contribution in [3.63, 3.8) is 0 Å². The van der Waals surface area contributed by atoms with Crippen molar-refractivity contribution < 1.29 is 14.7 Å². The number of rotatable bonds is 8. The average Bonchev–Trinajstić information content (AvgIpc) is 3.35. The molecular weight excluding hydrogens is 280 g/mol. The van der Waals surface area contributed by atoms with Crippen molar-refractivity contribution in [3.05, 3.63) is 35.9 Å². The fourth-order valence-electron chi connectivity index (χ4n) is 2.21. The number of carbonyl (C=O) groups excluding carboxylic acids is 2. The summed E-state index contributed by atoms with van der Waals surface area (Å²) in [5.74, 6) is 0.194. The topological polar surface area (TPSA) is 78.4 Å². The van der Waals surface area contributed by atoms with Gasteiger partial charge in [-0.15, -0.1) is 0 Å². The van der Waals surface area contributed by atoms with E-state index in [1.54, 1.807) is 6.92 Å². The molecule has 1 unspecified atom stereocenters. The second-order valence-corrected chi connectivity index (χ2v) is 6.09. The van der Waals surface area contributed by atoms with E-state index in [0.29, 0.717) is 19.4 Å². The molecule has 120 valence electrons. The van der Waals surface area contributed by atoms with Crippen molar-refractivity contribution in [1.82, 2.24) is 10.6 Å². The summed E-state index contributed by atoms with van der Waals surface area (Å²) in [6.07, 6.45) is 2.93. The summed E-state index contributed by atoms with van der Waals surface area (Å²) in [7, 11) is 0. The van der Waals surface area contributed by atoms with Gasteiger partial charge in [0.2, 0.25) is 11.8 Å². The highest BCUT2D eigenvalue weighted by molar-refractivity contribution is 5.81. The molecule has 1 aliphatic carbocycles. The van der Waals surface area contributed by atoms with E-state index in [0.717, 1.165) is 18.4 Å². The third-order valence-electron chi connectivity index (χ3n) is 3.85. The van der Waals surface area contributed by atoms with Gasteiger partial charge in [-0.25, -0.2) is 0 Å². The van der Waals surface area contributed by atoms with Gasteiger partial charge >= 0.3 is 0 Å². The molecule has 0 heterocycles. The van der Waals surface area contributed by atoms with E-state index in [-0.39, 0.29) is 24.3 Å². The first-order chi connectivity index (χ1) is 10.5. The minimum atomic E-state index is -1.09. The van der Waals surface area contributed by atoms with Gasteiger partial charge in [0, 0.05) is 18.9 Å². The zero-order chi connectivity index (χ0) is 16.0. The number of aliphatic hydroxyl groups is 1. The standard InChI is InChI=1S/C17H24N2O3/c1-17(22,14-6-3-2-4-7-14)12-19-15(20)8-5-11-18-16(21)13-9-10-13/h2-4,6-7,13,22H,5,8-12H2,1H3,(H,18,21)(H,19,20). The van der Waals surface area contributed by atoms with Crippen LogP contribution in [0.3, 0.4) is 0 Å². The molecule has 2 rings (SSSR count). The van der Waals surface area contributed by atoms with E-state index in [2.05, 4.69) is 10.6 Å². The lowest BCUT2D eigenvalue weighted by Crippen LogP contribution is -2.38. The van der Waals surface area contributed by atoms with Gasteiger partial charge in [0.05, 0.1) is 6.54 Å². The Morgan fingerprint density at radius 3 is 2.55 bits per heavy atom. The molecule has 0 saturated heterocycles. The molecule has 2 amide bonds. The normalized spacial score (nSPS) is 16.6. The number of hydrogen-bond acceptors (Lipinski definition) is 3. The molecule has 1 atom stereocenters. The zero-order valence-corrected chi connectivity index (χ0v) is 13.0. The molecule has 3 N–H and O–H groups in total. The van der Waals surface area contributed by atoms with Crippen LogP contribution in [0.1, 0.15) is 38.2 Å². The largest absolute Gasteiger partial charge is 0.384 e. The van der Waals surface area contributed by atoms with Crippen LogP contribution in [-0.2, 0) is 15.2 Å². The molecule has 1 fully saturated rings. The highest BCUT2D eigenvalue weighted by atomic mass is 16.3. The fraction of sp³-hybridized carbons (Fsp3) is 0.529. The molecule has 1 saturated carbocycles. The highest BCUT2D eigenvalue weighted by Crippen LogP contribution is 2.28. The Bertz CT molecular complexity index is 510. The van der Waals surface area contributed by atoms with Gasteiger partial charge in [-0.1, -0.05) is 30.3 Å². The van der Waals surface area contributed by atoms with Crippen LogP contribution in [0.4, 0.5) is 0 Å². The fourth-order valence-corrected chi connectivity index (χ4v) is 2.21. The second-order valence-electron chi connectivity index (χ2n) is 6.09. The molecule has 0 bridgehead atoms. The summed E-state index contributed by atoms with van der Waals surface area (Å²) in [6.45, 7) is 2.38. The molecule has 1 aromatic carbocycles. The quantitative estimate of drug-likeness (QED) is 0.634. The van der Waals surface area contributed by atoms with Crippen LogP contribution in [0.5, 0.6) is 0 Å². The van der Waals surface area contributed by atoms with Crippen LogP contribution in [0.2, 0.25) is 0 Å². The molecule has 5 heteroatoms. The van der Waals surface area contributed by atoms with Crippen molar-refractivity contribution in [2.24, 2.45) is 5.92 Å². The predicted molar refractivity (Wildman–Crippen MR) is 84.0 cm³/mol. The van der Waals surface area contributed by atoms with Gasteiger partial charge in [0.1, 0.15) is 5.60 Å². The summed E-state index contributed by atoms with van der Waals surface area (Å²) in [5.41, 5.74) is -0.316. The first kappa shape index (κ1) is 16.5. The van der Waals surface area contributed by atoms with Crippen LogP contribution in [0, 0.1) is 5.92 Å². The summed E-state index contributed by atoms with van der Waals surface area (Å²) in [6, 6.07) is 9.26. The van der Waals surface area contributed by atoms with Crippen LogP contribution >= 0.6 is 0 Å². The van der Waals surface area contributed by atoms with Crippen LogP contribution < -0.4 is 10.6 Å². The Kier molecular flexibility index (Phi) is 5.55. The monoisotopic (exact) mass is 304 g/mol. The number of hydrogen-bond donors (Lipinski definition) is 3. The Morgan fingerprint density at radius 1 is 1.23 bits per heavy atom. The van der Waals surface area contributed by atoms with Crippen molar-refractivity contribution >= 4 is 11.8 Å². The van der Waals surface area contributed by atoms with Crippen LogP contribution in [0.25, 0.3) is 0 Å². The highest BCUT2D eigenvalue weighted by Gasteiger charge is 2.29. The summed E-state index contributed by atoms with van der Waals surface area (Å²) < 4.78 is 0. The molecule has 0 radical (unpaired) electrons. The molecule has 0 aromatic heterocycles. The molecular formula is C17H24N2O3. The molecule has 1 aliphatic rings. The minimum absolute atomic E-state index is 0.104. The van der Waals surface area contributed by atoms with Crippen molar-refractivity contribution in [3.8, 4) is 0 Å². The third kappa shape index (κ3) is 5.15. The van der Waals surface area contributed by atoms with E-state index in [1.165, 1.54) is 0 Å². The maximum absolute atomic E-state index is 11.8. The predicted octanol–water partition coefficient (Wildman–Crippen LogP) is 1.32. The lowest BCUT2D eigenvalue weighted by atomic mass is 9.96. The zero-order valence-electron chi connectivity index (χ0n) is 13.0. The first-order valence-corrected chi connectivity index (χ1v) is 7.81. The number of nitrogens with one attached hydrogen (secondary N) is 2. The van der Waals surface area contributed by atoms with Gasteiger partial charge in [0.15, 0.2) is 0 Å². The number of carbonyl (C=O) groups is 2. The first-order valence-electron chi connectivity index (χ1n) is 7.81.